The molecule has 0 amide bonds. The molecule has 1 aliphatic heterocycles. The average Bonchev–Trinajstić information content (AvgIpc) is 2.33. The van der Waals surface area contributed by atoms with Gasteiger partial charge in [0, 0.05) is 26.7 Å². The summed E-state index contributed by atoms with van der Waals surface area (Å²) in [7, 11) is 1.76. The third-order valence-electron chi connectivity index (χ3n) is 3.05. The summed E-state index contributed by atoms with van der Waals surface area (Å²) < 4.78 is 10.9. The number of hydrogen-bond donors (Lipinski definition) is 0. The Balaban J connectivity index is 1.66. The first-order chi connectivity index (χ1) is 8.31. The maximum Gasteiger partial charge on any atom is 0.119 e. The van der Waals surface area contributed by atoms with Crippen LogP contribution in [0.1, 0.15) is 5.56 Å². The Hall–Kier alpha value is -1.32. The predicted molar refractivity (Wildman–Crippen MR) is 69.3 cm³/mol. The van der Waals surface area contributed by atoms with E-state index in [9.17, 15) is 0 Å². The molecular weight excluding hydrogens is 214 g/mol. The van der Waals surface area contributed by atoms with Crippen molar-refractivity contribution in [1.29, 1.82) is 0 Å². The van der Waals surface area contributed by atoms with Crippen LogP contribution in [0.25, 0.3) is 6.08 Å². The zero-order chi connectivity index (χ0) is 12.1. The second kappa shape index (κ2) is 5.84. The monoisotopic (exact) mass is 233 g/mol. The highest BCUT2D eigenvalue weighted by molar-refractivity contribution is 5.48. The van der Waals surface area contributed by atoms with Crippen molar-refractivity contribution < 1.29 is 9.47 Å². The van der Waals surface area contributed by atoms with Gasteiger partial charge in [-0.2, -0.15) is 0 Å². The minimum absolute atomic E-state index is 0.418. The lowest BCUT2D eigenvalue weighted by atomic mass is 10.2. The number of methoxy groups -OCH3 is 1. The molecule has 1 saturated heterocycles. The van der Waals surface area contributed by atoms with Gasteiger partial charge >= 0.3 is 0 Å². The molecule has 0 aliphatic carbocycles. The second-order valence-electron chi connectivity index (χ2n) is 4.24. The van der Waals surface area contributed by atoms with E-state index in [1.54, 1.807) is 7.11 Å². The number of nitrogens with zero attached hydrogens (tertiary/aromatic N) is 1. The Kier molecular flexibility index (Phi) is 4.18. The lowest BCUT2D eigenvalue weighted by Crippen LogP contribution is -2.52. The van der Waals surface area contributed by atoms with Gasteiger partial charge in [0.25, 0.3) is 0 Å². The third-order valence-corrected chi connectivity index (χ3v) is 3.05. The molecule has 1 aromatic rings. The van der Waals surface area contributed by atoms with Crippen LogP contribution >= 0.6 is 0 Å². The topological polar surface area (TPSA) is 21.7 Å². The molecule has 0 spiro atoms. The van der Waals surface area contributed by atoms with Crippen LogP contribution < -0.4 is 4.74 Å². The molecule has 0 atom stereocenters. The summed E-state index contributed by atoms with van der Waals surface area (Å²) >= 11 is 0. The molecule has 1 heterocycles. The number of likely N-dealkylation sites (tertiary alicyclic amines) is 1. The highest BCUT2D eigenvalue weighted by Gasteiger charge is 2.25. The molecule has 0 bridgehead atoms. The smallest absolute Gasteiger partial charge is 0.119 e. The minimum atomic E-state index is 0.418. The zero-order valence-electron chi connectivity index (χ0n) is 10.3. The Labute approximate surface area is 103 Å². The van der Waals surface area contributed by atoms with E-state index in [4.69, 9.17) is 9.47 Å². The SMILES string of the molecule is C=Cc1ccc(OCCN2CC(OC)C2)cc1. The number of benzene rings is 1. The molecule has 0 N–H and O–H groups in total. The van der Waals surface area contributed by atoms with E-state index < -0.39 is 0 Å². The molecule has 17 heavy (non-hydrogen) atoms. The van der Waals surface area contributed by atoms with Crippen LogP contribution in [-0.2, 0) is 4.74 Å². The first kappa shape index (κ1) is 12.1. The second-order valence-corrected chi connectivity index (χ2v) is 4.24. The molecule has 92 valence electrons. The van der Waals surface area contributed by atoms with Crippen LogP contribution in [0.4, 0.5) is 0 Å². The summed E-state index contributed by atoms with van der Waals surface area (Å²) in [5.74, 6) is 0.916. The summed E-state index contributed by atoms with van der Waals surface area (Å²) in [5, 5.41) is 0. The summed E-state index contributed by atoms with van der Waals surface area (Å²) in [6.45, 7) is 7.45. The van der Waals surface area contributed by atoms with Gasteiger partial charge in [0.2, 0.25) is 0 Å². The molecule has 0 unspecified atom stereocenters. The van der Waals surface area contributed by atoms with Crippen molar-refractivity contribution in [3.8, 4) is 5.75 Å². The van der Waals surface area contributed by atoms with Crippen molar-refractivity contribution in [2.75, 3.05) is 33.4 Å². The number of ether oxygens (including phenoxy) is 2. The summed E-state index contributed by atoms with van der Waals surface area (Å²) in [4.78, 5) is 2.33. The highest BCUT2D eigenvalue weighted by atomic mass is 16.5. The van der Waals surface area contributed by atoms with Gasteiger partial charge in [-0.3, -0.25) is 4.90 Å². The molecule has 0 aromatic heterocycles. The first-order valence-corrected chi connectivity index (χ1v) is 5.92. The third kappa shape index (κ3) is 3.32. The lowest BCUT2D eigenvalue weighted by Gasteiger charge is -2.37. The van der Waals surface area contributed by atoms with Crippen LogP contribution in [-0.4, -0.2) is 44.4 Å². The van der Waals surface area contributed by atoms with E-state index in [-0.39, 0.29) is 0 Å². The van der Waals surface area contributed by atoms with Gasteiger partial charge in [-0.1, -0.05) is 24.8 Å². The van der Waals surface area contributed by atoms with Gasteiger partial charge < -0.3 is 9.47 Å². The van der Waals surface area contributed by atoms with Gasteiger partial charge in [0.1, 0.15) is 12.4 Å². The van der Waals surface area contributed by atoms with Gasteiger partial charge in [-0.15, -0.1) is 0 Å². The van der Waals surface area contributed by atoms with Crippen molar-refractivity contribution in [3.05, 3.63) is 36.4 Å². The zero-order valence-corrected chi connectivity index (χ0v) is 10.3. The normalized spacial score (nSPS) is 16.5. The van der Waals surface area contributed by atoms with Gasteiger partial charge in [0.15, 0.2) is 0 Å². The van der Waals surface area contributed by atoms with Crippen LogP contribution in [0.15, 0.2) is 30.8 Å². The van der Waals surface area contributed by atoms with Gasteiger partial charge in [-0.05, 0) is 17.7 Å². The Bertz CT molecular complexity index is 355. The van der Waals surface area contributed by atoms with Crippen molar-refractivity contribution in [1.82, 2.24) is 4.90 Å². The van der Waals surface area contributed by atoms with Crippen molar-refractivity contribution in [3.63, 3.8) is 0 Å². The molecule has 0 radical (unpaired) electrons. The molecule has 3 nitrogen and oxygen atoms in total. The lowest BCUT2D eigenvalue weighted by molar-refractivity contribution is -0.0333. The average molecular weight is 233 g/mol. The molecule has 1 aliphatic rings. The van der Waals surface area contributed by atoms with E-state index in [0.717, 1.165) is 37.6 Å². The van der Waals surface area contributed by atoms with E-state index >= 15 is 0 Å². The molecule has 1 aromatic carbocycles. The van der Waals surface area contributed by atoms with Crippen molar-refractivity contribution >= 4 is 6.08 Å². The predicted octanol–water partition coefficient (Wildman–Crippen LogP) is 2.04. The highest BCUT2D eigenvalue weighted by Crippen LogP contribution is 2.14. The van der Waals surface area contributed by atoms with Crippen molar-refractivity contribution in [2.45, 2.75) is 6.10 Å². The quantitative estimate of drug-likeness (QED) is 0.750. The molecule has 2 rings (SSSR count). The van der Waals surface area contributed by atoms with Crippen LogP contribution in [0.2, 0.25) is 0 Å². The standard InChI is InChI=1S/C14H19NO2/c1-3-12-4-6-13(7-5-12)17-9-8-15-10-14(11-15)16-2/h3-7,14H,1,8-11H2,2H3. The maximum absolute atomic E-state index is 5.66. The van der Waals surface area contributed by atoms with E-state index in [2.05, 4.69) is 11.5 Å². The summed E-state index contributed by atoms with van der Waals surface area (Å²) in [6, 6.07) is 7.97. The largest absolute Gasteiger partial charge is 0.492 e. The van der Waals surface area contributed by atoms with Gasteiger partial charge in [-0.25, -0.2) is 0 Å². The van der Waals surface area contributed by atoms with Crippen LogP contribution in [0.5, 0.6) is 5.75 Å². The number of hydrogen-bond acceptors (Lipinski definition) is 3. The minimum Gasteiger partial charge on any atom is -0.492 e. The van der Waals surface area contributed by atoms with E-state index in [1.165, 1.54) is 0 Å². The van der Waals surface area contributed by atoms with Crippen LogP contribution in [0.3, 0.4) is 0 Å². The van der Waals surface area contributed by atoms with Gasteiger partial charge in [0.05, 0.1) is 6.10 Å². The Morgan fingerprint density at radius 2 is 2.06 bits per heavy atom. The summed E-state index contributed by atoms with van der Waals surface area (Å²) in [5.41, 5.74) is 1.11. The van der Waals surface area contributed by atoms with Crippen molar-refractivity contribution in [2.24, 2.45) is 0 Å². The molecule has 0 saturated carbocycles. The maximum atomic E-state index is 5.66. The molecule has 3 heteroatoms. The summed E-state index contributed by atoms with van der Waals surface area (Å²) in [6.07, 6.45) is 2.25. The Morgan fingerprint density at radius 3 is 2.65 bits per heavy atom. The van der Waals surface area contributed by atoms with E-state index in [1.807, 2.05) is 30.3 Å². The first-order valence-electron chi connectivity index (χ1n) is 5.92. The van der Waals surface area contributed by atoms with E-state index in [0.29, 0.717) is 6.10 Å². The van der Waals surface area contributed by atoms with Crippen LogP contribution in [0, 0.1) is 0 Å². The molecule has 1 fully saturated rings. The fraction of sp³-hybridized carbons (Fsp3) is 0.429. The number of rotatable bonds is 6. The Morgan fingerprint density at radius 1 is 1.35 bits per heavy atom. The fourth-order valence-electron chi connectivity index (χ4n) is 1.85. The fourth-order valence-corrected chi connectivity index (χ4v) is 1.85. The molecular formula is C14H19NO2.